The maximum Gasteiger partial charge on any atom is 0.136 e. The third-order valence-corrected chi connectivity index (χ3v) is 5.71. The second kappa shape index (κ2) is 6.89. The van der Waals surface area contributed by atoms with E-state index in [0.717, 1.165) is 33.5 Å². The first-order valence-corrected chi connectivity index (χ1v) is 9.48. The van der Waals surface area contributed by atoms with Crippen LogP contribution in [0.4, 0.5) is 17.2 Å². The van der Waals surface area contributed by atoms with E-state index in [4.69, 9.17) is 11.5 Å². The van der Waals surface area contributed by atoms with E-state index in [-0.39, 0.29) is 0 Å². The number of nitrogen functional groups attached to an aromatic ring is 2. The van der Waals surface area contributed by atoms with Crippen LogP contribution in [-0.4, -0.2) is 24.1 Å². The smallest absolute Gasteiger partial charge is 0.136 e. The summed E-state index contributed by atoms with van der Waals surface area (Å²) in [6, 6.07) is 16.5. The number of benzene rings is 2. The number of hydrogen-bond donors (Lipinski definition) is 2. The molecule has 4 rings (SSSR count). The molecule has 0 atom stereocenters. The van der Waals surface area contributed by atoms with Gasteiger partial charge in [0.25, 0.3) is 0 Å². The van der Waals surface area contributed by atoms with Crippen LogP contribution in [0.5, 0.6) is 0 Å². The molecule has 2 heterocycles. The van der Waals surface area contributed by atoms with Gasteiger partial charge in [0.05, 0.1) is 5.39 Å². The lowest BCUT2D eigenvalue weighted by molar-refractivity contribution is 1.12. The molecule has 2 aromatic carbocycles. The molecule has 6 heteroatoms. The van der Waals surface area contributed by atoms with Gasteiger partial charge in [-0.3, -0.25) is 0 Å². The van der Waals surface area contributed by atoms with Gasteiger partial charge in [0.1, 0.15) is 17.0 Å². The Kier molecular flexibility index (Phi) is 4.41. The predicted molar refractivity (Wildman–Crippen MR) is 115 cm³/mol. The lowest BCUT2D eigenvalue weighted by Crippen LogP contribution is -2.08. The van der Waals surface area contributed by atoms with E-state index in [1.54, 1.807) is 11.3 Å². The molecule has 0 aliphatic rings. The van der Waals surface area contributed by atoms with Crippen LogP contribution in [0.25, 0.3) is 21.3 Å². The molecule has 0 saturated carbocycles. The summed E-state index contributed by atoms with van der Waals surface area (Å²) >= 11 is 1.67. The Morgan fingerprint density at radius 1 is 0.926 bits per heavy atom. The molecule has 0 bridgehead atoms. The molecule has 0 aliphatic carbocycles. The number of nitrogens with zero attached hydrogens (tertiary/aromatic N) is 3. The molecule has 0 unspecified atom stereocenters. The van der Waals surface area contributed by atoms with Crippen LogP contribution in [0.2, 0.25) is 0 Å². The molecule has 0 fully saturated rings. The zero-order valence-electron chi connectivity index (χ0n) is 15.3. The van der Waals surface area contributed by atoms with Crippen LogP contribution >= 0.6 is 11.3 Å². The number of fused-ring (bicyclic) bond motifs is 1. The van der Waals surface area contributed by atoms with Crippen LogP contribution < -0.4 is 16.4 Å². The molecule has 0 saturated heterocycles. The SMILES string of the molecule is CN(C)c1ccc(Cc2sc3ncnc(N)c3c2-c2ccc(N)cc2)cc1. The summed E-state index contributed by atoms with van der Waals surface area (Å²) < 4.78 is 0. The van der Waals surface area contributed by atoms with Gasteiger partial charge in [0.15, 0.2) is 0 Å². The Morgan fingerprint density at radius 3 is 2.30 bits per heavy atom. The van der Waals surface area contributed by atoms with Gasteiger partial charge in [-0.1, -0.05) is 24.3 Å². The summed E-state index contributed by atoms with van der Waals surface area (Å²) in [5, 5.41) is 0.923. The van der Waals surface area contributed by atoms with Crippen LogP contribution in [-0.2, 0) is 6.42 Å². The normalized spacial score (nSPS) is 11.0. The van der Waals surface area contributed by atoms with Gasteiger partial charge in [-0.2, -0.15) is 0 Å². The third-order valence-electron chi connectivity index (χ3n) is 4.61. The van der Waals surface area contributed by atoms with Crippen molar-refractivity contribution in [1.29, 1.82) is 0 Å². The van der Waals surface area contributed by atoms with Crippen molar-refractivity contribution in [2.75, 3.05) is 30.5 Å². The Balaban J connectivity index is 1.83. The van der Waals surface area contributed by atoms with Gasteiger partial charge < -0.3 is 16.4 Å². The average molecular weight is 376 g/mol. The van der Waals surface area contributed by atoms with E-state index in [1.165, 1.54) is 22.5 Å². The fourth-order valence-corrected chi connectivity index (χ4v) is 4.38. The summed E-state index contributed by atoms with van der Waals surface area (Å²) in [6.45, 7) is 0. The highest BCUT2D eigenvalue weighted by Crippen LogP contribution is 2.41. The van der Waals surface area contributed by atoms with E-state index in [0.29, 0.717) is 5.82 Å². The fourth-order valence-electron chi connectivity index (χ4n) is 3.18. The summed E-state index contributed by atoms with van der Waals surface area (Å²) in [5.41, 5.74) is 17.4. The first-order valence-electron chi connectivity index (χ1n) is 8.67. The van der Waals surface area contributed by atoms with Crippen LogP contribution in [0.1, 0.15) is 10.4 Å². The maximum absolute atomic E-state index is 6.21. The second-order valence-corrected chi connectivity index (χ2v) is 7.78. The Labute approximate surface area is 162 Å². The third kappa shape index (κ3) is 3.31. The van der Waals surface area contributed by atoms with Crippen molar-refractivity contribution in [2.45, 2.75) is 6.42 Å². The lowest BCUT2D eigenvalue weighted by atomic mass is 9.99. The number of aromatic nitrogens is 2. The van der Waals surface area contributed by atoms with Crippen LogP contribution in [0, 0.1) is 0 Å². The number of thiophene rings is 1. The summed E-state index contributed by atoms with van der Waals surface area (Å²) in [4.78, 5) is 12.9. The minimum atomic E-state index is 0.511. The van der Waals surface area contributed by atoms with E-state index in [2.05, 4.69) is 39.1 Å². The number of hydrogen-bond acceptors (Lipinski definition) is 6. The largest absolute Gasteiger partial charge is 0.399 e. The Bertz CT molecular complexity index is 1080. The van der Waals surface area contributed by atoms with E-state index >= 15 is 0 Å². The second-order valence-electron chi connectivity index (χ2n) is 6.70. The van der Waals surface area contributed by atoms with Gasteiger partial charge in [0, 0.05) is 42.3 Å². The minimum Gasteiger partial charge on any atom is -0.399 e. The lowest BCUT2D eigenvalue weighted by Gasteiger charge is -2.13. The van der Waals surface area contributed by atoms with Crippen molar-refractivity contribution in [1.82, 2.24) is 9.97 Å². The maximum atomic E-state index is 6.21. The van der Waals surface area contributed by atoms with Gasteiger partial charge in [-0.25, -0.2) is 9.97 Å². The average Bonchev–Trinajstić information content (AvgIpc) is 3.02. The highest BCUT2D eigenvalue weighted by Gasteiger charge is 2.18. The molecule has 27 heavy (non-hydrogen) atoms. The summed E-state index contributed by atoms with van der Waals surface area (Å²) in [6.07, 6.45) is 2.34. The van der Waals surface area contributed by atoms with Crippen molar-refractivity contribution >= 4 is 38.7 Å². The molecule has 5 nitrogen and oxygen atoms in total. The van der Waals surface area contributed by atoms with Crippen LogP contribution in [0.15, 0.2) is 54.9 Å². The molecule has 0 radical (unpaired) electrons. The summed E-state index contributed by atoms with van der Waals surface area (Å²) in [5.74, 6) is 0.511. The first-order chi connectivity index (χ1) is 13.0. The van der Waals surface area contributed by atoms with Crippen LogP contribution in [0.3, 0.4) is 0 Å². The zero-order valence-corrected chi connectivity index (χ0v) is 16.1. The highest BCUT2D eigenvalue weighted by molar-refractivity contribution is 7.19. The van der Waals surface area contributed by atoms with Crippen molar-refractivity contribution in [3.63, 3.8) is 0 Å². The molecule has 2 aromatic heterocycles. The first kappa shape index (κ1) is 17.3. The topological polar surface area (TPSA) is 81.1 Å². The van der Waals surface area contributed by atoms with E-state index in [9.17, 15) is 0 Å². The van der Waals surface area contributed by atoms with Gasteiger partial charge in [-0.15, -0.1) is 11.3 Å². The standard InChI is InChI=1S/C21H21N5S/c1-26(2)16-9-3-13(4-10-16)11-17-18(14-5-7-15(22)8-6-14)19-20(23)24-12-25-21(19)27-17/h3-10,12H,11,22H2,1-2H3,(H2,23,24,25). The molecular weight excluding hydrogens is 354 g/mol. The monoisotopic (exact) mass is 375 g/mol. The molecular formula is C21H21N5S. The fraction of sp³-hybridized carbons (Fsp3) is 0.143. The summed E-state index contributed by atoms with van der Waals surface area (Å²) in [7, 11) is 4.09. The van der Waals surface area contributed by atoms with Gasteiger partial charge in [-0.05, 0) is 35.4 Å². The molecule has 0 spiro atoms. The van der Waals surface area contributed by atoms with Gasteiger partial charge >= 0.3 is 0 Å². The number of rotatable bonds is 4. The van der Waals surface area contributed by atoms with Crippen molar-refractivity contribution < 1.29 is 0 Å². The predicted octanol–water partition coefficient (Wildman–Crippen LogP) is 4.18. The quantitative estimate of drug-likeness (QED) is 0.523. The Morgan fingerprint density at radius 2 is 1.63 bits per heavy atom. The minimum absolute atomic E-state index is 0.511. The van der Waals surface area contributed by atoms with Gasteiger partial charge in [0.2, 0.25) is 0 Å². The van der Waals surface area contributed by atoms with Crippen molar-refractivity contribution in [3.05, 3.63) is 65.3 Å². The van der Waals surface area contributed by atoms with Crippen molar-refractivity contribution in [3.8, 4) is 11.1 Å². The number of nitrogens with two attached hydrogens (primary N) is 2. The van der Waals surface area contributed by atoms with E-state index in [1.807, 2.05) is 38.4 Å². The molecule has 0 amide bonds. The molecule has 4 N–H and O–H groups in total. The van der Waals surface area contributed by atoms with E-state index < -0.39 is 0 Å². The molecule has 4 aromatic rings. The number of anilines is 3. The molecule has 136 valence electrons. The highest BCUT2D eigenvalue weighted by atomic mass is 32.1. The Hall–Kier alpha value is -3.12. The van der Waals surface area contributed by atoms with Crippen molar-refractivity contribution in [2.24, 2.45) is 0 Å². The zero-order chi connectivity index (χ0) is 19.0. The molecule has 0 aliphatic heterocycles.